The molecule has 1 aliphatic carbocycles. The third-order valence-corrected chi connectivity index (χ3v) is 7.05. The summed E-state index contributed by atoms with van der Waals surface area (Å²) in [7, 11) is 0. The molecule has 0 radical (unpaired) electrons. The van der Waals surface area contributed by atoms with Crippen LogP contribution in [0.15, 0.2) is 42.5 Å². The smallest absolute Gasteiger partial charge is 0.335 e. The molecule has 0 saturated heterocycles. The Bertz CT molecular complexity index is 874. The van der Waals surface area contributed by atoms with Crippen molar-refractivity contribution in [1.29, 1.82) is 0 Å². The second-order valence-corrected chi connectivity index (χ2v) is 10.1. The van der Waals surface area contributed by atoms with Crippen LogP contribution in [0.25, 0.3) is 0 Å². The van der Waals surface area contributed by atoms with Gasteiger partial charge in [-0.2, -0.15) is 0 Å². The molecule has 0 heterocycles. The molecule has 0 amide bonds. The van der Waals surface area contributed by atoms with Crippen molar-refractivity contribution in [3.8, 4) is 0 Å². The number of esters is 2. The van der Waals surface area contributed by atoms with Gasteiger partial charge >= 0.3 is 11.9 Å². The first-order chi connectivity index (χ1) is 17.8. The van der Waals surface area contributed by atoms with Crippen molar-refractivity contribution in [3.63, 3.8) is 0 Å². The molecule has 0 unspecified atom stereocenters. The molecular formula is C29H41ClO7. The number of hydrogen-bond acceptors (Lipinski definition) is 7. The molecule has 1 aromatic rings. The molecule has 37 heavy (non-hydrogen) atoms. The summed E-state index contributed by atoms with van der Waals surface area (Å²) in [6.45, 7) is 8.20. The number of ether oxygens (including phenoxy) is 3. The van der Waals surface area contributed by atoms with E-state index in [4.69, 9.17) is 36.0 Å². The lowest BCUT2D eigenvalue weighted by atomic mass is 9.82. The van der Waals surface area contributed by atoms with Crippen molar-refractivity contribution in [3.05, 3.63) is 58.7 Å². The highest BCUT2D eigenvalue weighted by Gasteiger charge is 2.25. The lowest BCUT2D eigenvalue weighted by Gasteiger charge is -2.30. The van der Waals surface area contributed by atoms with Crippen LogP contribution >= 0.6 is 11.6 Å². The molecule has 7 nitrogen and oxygen atoms in total. The van der Waals surface area contributed by atoms with E-state index in [0.717, 1.165) is 43.5 Å². The molecule has 2 rings (SSSR count). The van der Waals surface area contributed by atoms with Crippen molar-refractivity contribution in [2.45, 2.75) is 70.3 Å². The molecule has 1 fully saturated rings. The molecule has 0 atom stereocenters. The summed E-state index contributed by atoms with van der Waals surface area (Å²) in [5.41, 5.74) is 2.37. The van der Waals surface area contributed by atoms with Crippen molar-refractivity contribution in [2.24, 2.45) is 5.92 Å². The van der Waals surface area contributed by atoms with Crippen LogP contribution in [0.1, 0.15) is 68.9 Å². The van der Waals surface area contributed by atoms with E-state index in [1.165, 1.54) is 24.0 Å². The molecule has 206 valence electrons. The van der Waals surface area contributed by atoms with Crippen LogP contribution in [-0.2, 0) is 30.2 Å². The van der Waals surface area contributed by atoms with Crippen LogP contribution in [0.4, 0.5) is 0 Å². The van der Waals surface area contributed by atoms with Crippen LogP contribution in [0.2, 0.25) is 5.02 Å². The topological polar surface area (TPSA) is 102 Å². The summed E-state index contributed by atoms with van der Waals surface area (Å²) in [4.78, 5) is 23.7. The van der Waals surface area contributed by atoms with Crippen molar-refractivity contribution in [1.82, 2.24) is 0 Å². The quantitative estimate of drug-likeness (QED) is 0.176. The highest BCUT2D eigenvalue weighted by molar-refractivity contribution is 6.31. The number of aliphatic hydroxyl groups is 2. The molecule has 0 spiro atoms. The Morgan fingerprint density at radius 3 is 2.08 bits per heavy atom. The molecular weight excluding hydrogens is 496 g/mol. The zero-order valence-corrected chi connectivity index (χ0v) is 22.6. The van der Waals surface area contributed by atoms with Crippen LogP contribution in [0.5, 0.6) is 0 Å². The van der Waals surface area contributed by atoms with E-state index in [0.29, 0.717) is 5.92 Å². The highest BCUT2D eigenvalue weighted by atomic mass is 35.5. The fourth-order valence-corrected chi connectivity index (χ4v) is 4.57. The predicted octanol–water partition coefficient (Wildman–Crippen LogP) is 4.92. The first kappa shape index (κ1) is 31.0. The number of hydrogen-bond donors (Lipinski definition) is 2. The lowest BCUT2D eigenvalue weighted by molar-refractivity contribution is -0.146. The van der Waals surface area contributed by atoms with Crippen molar-refractivity contribution >= 4 is 23.5 Å². The van der Waals surface area contributed by atoms with Crippen LogP contribution in [0, 0.1) is 5.92 Å². The fourth-order valence-electron chi connectivity index (χ4n) is 4.29. The lowest BCUT2D eigenvalue weighted by Crippen LogP contribution is -2.29. The largest absolute Gasteiger partial charge is 0.462 e. The second-order valence-electron chi connectivity index (χ2n) is 9.70. The van der Waals surface area contributed by atoms with Gasteiger partial charge in [0.15, 0.2) is 0 Å². The van der Waals surface area contributed by atoms with Gasteiger partial charge in [0, 0.05) is 5.02 Å². The van der Waals surface area contributed by atoms with Gasteiger partial charge in [-0.15, -0.1) is 0 Å². The molecule has 0 bridgehead atoms. The van der Waals surface area contributed by atoms with Gasteiger partial charge < -0.3 is 24.4 Å². The third-order valence-electron chi connectivity index (χ3n) is 6.70. The Morgan fingerprint density at radius 2 is 1.57 bits per heavy atom. The zero-order chi connectivity index (χ0) is 27.2. The van der Waals surface area contributed by atoms with E-state index >= 15 is 0 Å². The molecule has 1 aromatic carbocycles. The molecule has 1 aliphatic rings. The summed E-state index contributed by atoms with van der Waals surface area (Å²) >= 11 is 6.57. The summed E-state index contributed by atoms with van der Waals surface area (Å²) in [5.74, 6) is -1.40. The maximum absolute atomic E-state index is 11.9. The van der Waals surface area contributed by atoms with Gasteiger partial charge in [-0.05, 0) is 61.6 Å². The van der Waals surface area contributed by atoms with E-state index in [1.807, 2.05) is 0 Å². The Hall–Kier alpha value is -2.19. The number of halogens is 1. The Labute approximate surface area is 225 Å². The minimum Gasteiger partial charge on any atom is -0.462 e. The number of rotatable bonds is 16. The number of benzene rings is 1. The van der Waals surface area contributed by atoms with Gasteiger partial charge in [0.05, 0.1) is 56.2 Å². The summed E-state index contributed by atoms with van der Waals surface area (Å²) in [5, 5.41) is 19.0. The molecule has 1 saturated carbocycles. The number of carbonyl (C=O) groups is 2. The monoisotopic (exact) mass is 536 g/mol. The van der Waals surface area contributed by atoms with Crippen LogP contribution in [-0.4, -0.2) is 61.3 Å². The number of unbranched alkanes of at least 4 members (excludes halogenated alkanes) is 2. The second kappa shape index (κ2) is 16.6. The Morgan fingerprint density at radius 1 is 0.973 bits per heavy atom. The summed E-state index contributed by atoms with van der Waals surface area (Å²) in [6.07, 6.45) is 8.36. The van der Waals surface area contributed by atoms with Gasteiger partial charge in [0.2, 0.25) is 0 Å². The first-order valence-corrected chi connectivity index (χ1v) is 13.5. The van der Waals surface area contributed by atoms with E-state index in [2.05, 4.69) is 38.3 Å². The Kier molecular flexibility index (Phi) is 13.9. The Balaban J connectivity index is 1.86. The number of aryl methyl sites for hydroxylation is 1. The van der Waals surface area contributed by atoms with Gasteiger partial charge in [0.25, 0.3) is 0 Å². The third kappa shape index (κ3) is 10.6. The van der Waals surface area contributed by atoms with E-state index in [-0.39, 0.29) is 37.1 Å². The summed E-state index contributed by atoms with van der Waals surface area (Å²) < 4.78 is 16.5. The number of aliphatic hydroxyl groups excluding tert-OH is 2. The SMILES string of the molecule is C=C(CO)C(=O)OCC(COC(=O)C(=C)CO)COC1CCC(c2ccc(CCCCC)c(Cl)c2)CC1. The standard InChI is InChI=1S/C29H41ClO7/c1-4-5-6-7-24-8-9-25(14-27(24)30)23-10-12-26(13-11-23)35-17-22(18-36-28(33)20(2)15-31)19-37-29(34)21(3)16-32/h8-9,14,22-23,26,31-32H,2-7,10-13,15-19H2,1H3. The maximum atomic E-state index is 11.9. The zero-order valence-electron chi connectivity index (χ0n) is 21.9. The molecule has 0 aromatic heterocycles. The van der Waals surface area contributed by atoms with Gasteiger partial charge in [-0.1, -0.05) is 56.7 Å². The molecule has 2 N–H and O–H groups in total. The van der Waals surface area contributed by atoms with Gasteiger partial charge in [-0.3, -0.25) is 0 Å². The average molecular weight is 537 g/mol. The molecule has 8 heteroatoms. The fraction of sp³-hybridized carbons (Fsp3) is 0.586. The maximum Gasteiger partial charge on any atom is 0.335 e. The highest BCUT2D eigenvalue weighted by Crippen LogP contribution is 2.36. The minimum absolute atomic E-state index is 0.0498. The number of carbonyl (C=O) groups excluding carboxylic acids is 2. The van der Waals surface area contributed by atoms with Crippen molar-refractivity contribution < 1.29 is 34.0 Å². The minimum atomic E-state index is -0.714. The van der Waals surface area contributed by atoms with Crippen LogP contribution in [0.3, 0.4) is 0 Å². The summed E-state index contributed by atoms with van der Waals surface area (Å²) in [6, 6.07) is 6.49. The van der Waals surface area contributed by atoms with E-state index in [1.54, 1.807) is 0 Å². The predicted molar refractivity (Wildman–Crippen MR) is 143 cm³/mol. The van der Waals surface area contributed by atoms with E-state index in [9.17, 15) is 9.59 Å². The first-order valence-electron chi connectivity index (χ1n) is 13.1. The molecule has 0 aliphatic heterocycles. The van der Waals surface area contributed by atoms with Crippen LogP contribution < -0.4 is 0 Å². The van der Waals surface area contributed by atoms with Gasteiger partial charge in [-0.25, -0.2) is 9.59 Å². The normalized spacial score (nSPS) is 17.4. The average Bonchev–Trinajstić information content (AvgIpc) is 2.92. The van der Waals surface area contributed by atoms with Crippen molar-refractivity contribution in [2.75, 3.05) is 33.0 Å². The van der Waals surface area contributed by atoms with Gasteiger partial charge in [0.1, 0.15) is 0 Å². The van der Waals surface area contributed by atoms with E-state index < -0.39 is 31.1 Å².